The van der Waals surface area contributed by atoms with Crippen molar-refractivity contribution in [3.05, 3.63) is 41.4 Å². The van der Waals surface area contributed by atoms with E-state index in [1.54, 1.807) is 12.1 Å². The van der Waals surface area contributed by atoms with Gasteiger partial charge >= 0.3 is 0 Å². The summed E-state index contributed by atoms with van der Waals surface area (Å²) in [6.45, 7) is 4.83. The van der Waals surface area contributed by atoms with Crippen LogP contribution in [0.15, 0.2) is 41.3 Å². The zero-order chi connectivity index (χ0) is 16.8. The molecule has 0 spiro atoms. The molecular weight excluding hydrogens is 332 g/mol. The van der Waals surface area contributed by atoms with Crippen LogP contribution in [0.5, 0.6) is 0 Å². The summed E-state index contributed by atoms with van der Waals surface area (Å²) in [7, 11) is -3.67. The van der Waals surface area contributed by atoms with Gasteiger partial charge in [-0.1, -0.05) is 55.8 Å². The van der Waals surface area contributed by atoms with E-state index >= 15 is 0 Å². The van der Waals surface area contributed by atoms with Crippen molar-refractivity contribution in [1.29, 1.82) is 0 Å². The number of benzene rings is 2. The number of rotatable bonds is 2. The molecule has 6 heteroatoms. The molecule has 2 N–H and O–H groups in total. The largest absolute Gasteiger partial charge is 0.327 e. The van der Waals surface area contributed by atoms with Gasteiger partial charge in [-0.2, -0.15) is 4.31 Å². The Morgan fingerprint density at radius 3 is 2.61 bits per heavy atom. The summed E-state index contributed by atoms with van der Waals surface area (Å²) in [5, 5.41) is 1.78. The van der Waals surface area contributed by atoms with Crippen molar-refractivity contribution in [2.75, 3.05) is 13.1 Å². The first-order chi connectivity index (χ1) is 10.7. The van der Waals surface area contributed by atoms with Crippen LogP contribution in [0.1, 0.15) is 20.3 Å². The Morgan fingerprint density at radius 2 is 1.91 bits per heavy atom. The summed E-state index contributed by atoms with van der Waals surface area (Å²) in [5.41, 5.74) is 5.87. The molecule has 0 radical (unpaired) electrons. The van der Waals surface area contributed by atoms with E-state index in [0.717, 1.165) is 5.39 Å². The molecule has 0 saturated carbocycles. The Kier molecular flexibility index (Phi) is 4.17. The van der Waals surface area contributed by atoms with E-state index in [9.17, 15) is 8.42 Å². The van der Waals surface area contributed by atoms with Gasteiger partial charge in [-0.05, 0) is 23.3 Å². The monoisotopic (exact) mass is 352 g/mol. The molecule has 4 nitrogen and oxygen atoms in total. The Bertz CT molecular complexity index is 849. The molecule has 1 aliphatic heterocycles. The summed E-state index contributed by atoms with van der Waals surface area (Å²) >= 11 is 6.28. The first kappa shape index (κ1) is 16.7. The standard InChI is InChI=1S/C17H21ClN2O2S/c1-17(2)11-20(10-9-15(17)19)23(21,22)16-13-6-4-3-5-12(13)7-8-14(16)18/h3-8,15H,9-11,19H2,1-2H3. The van der Waals surface area contributed by atoms with Crippen molar-refractivity contribution in [2.24, 2.45) is 11.1 Å². The van der Waals surface area contributed by atoms with Crippen LogP contribution in [0.2, 0.25) is 5.02 Å². The fourth-order valence-corrected chi connectivity index (χ4v) is 5.48. The van der Waals surface area contributed by atoms with Crippen LogP contribution in [0.3, 0.4) is 0 Å². The smallest absolute Gasteiger partial charge is 0.245 e. The molecule has 23 heavy (non-hydrogen) atoms. The van der Waals surface area contributed by atoms with Crippen molar-refractivity contribution in [3.63, 3.8) is 0 Å². The maximum Gasteiger partial charge on any atom is 0.245 e. The second-order valence-electron chi connectivity index (χ2n) is 6.82. The van der Waals surface area contributed by atoms with Gasteiger partial charge in [0.2, 0.25) is 10.0 Å². The molecule has 1 aliphatic rings. The fourth-order valence-electron chi connectivity index (χ4n) is 3.14. The van der Waals surface area contributed by atoms with Crippen molar-refractivity contribution in [1.82, 2.24) is 4.31 Å². The Balaban J connectivity index is 2.13. The van der Waals surface area contributed by atoms with Crippen LogP contribution in [0.25, 0.3) is 10.8 Å². The minimum Gasteiger partial charge on any atom is -0.327 e. The van der Waals surface area contributed by atoms with Crippen molar-refractivity contribution < 1.29 is 8.42 Å². The summed E-state index contributed by atoms with van der Waals surface area (Å²) < 4.78 is 28.0. The zero-order valence-corrected chi connectivity index (χ0v) is 14.9. The second-order valence-corrected chi connectivity index (χ2v) is 9.10. The van der Waals surface area contributed by atoms with Crippen LogP contribution in [-0.4, -0.2) is 31.9 Å². The molecule has 2 aromatic rings. The Hall–Kier alpha value is -1.14. The summed E-state index contributed by atoms with van der Waals surface area (Å²) in [4.78, 5) is 0.198. The highest BCUT2D eigenvalue weighted by atomic mass is 35.5. The predicted octanol–water partition coefficient (Wildman–Crippen LogP) is 3.24. The first-order valence-corrected chi connectivity index (χ1v) is 9.48. The van der Waals surface area contributed by atoms with Crippen molar-refractivity contribution >= 4 is 32.4 Å². The maximum atomic E-state index is 13.2. The number of sulfonamides is 1. The third-order valence-corrected chi connectivity index (χ3v) is 7.08. The number of halogens is 1. The van der Waals surface area contributed by atoms with Crippen molar-refractivity contribution in [2.45, 2.75) is 31.2 Å². The van der Waals surface area contributed by atoms with E-state index in [1.165, 1.54) is 4.31 Å². The molecule has 0 aromatic heterocycles. The van der Waals surface area contributed by atoms with E-state index in [2.05, 4.69) is 0 Å². The molecule has 1 fully saturated rings. The molecule has 1 atom stereocenters. The average molecular weight is 353 g/mol. The second kappa shape index (κ2) is 5.74. The highest BCUT2D eigenvalue weighted by Crippen LogP contribution is 2.36. The molecular formula is C17H21ClN2O2S. The van der Waals surface area contributed by atoms with E-state index < -0.39 is 10.0 Å². The minimum atomic E-state index is -3.67. The molecule has 0 aliphatic carbocycles. The highest BCUT2D eigenvalue weighted by Gasteiger charge is 2.39. The molecule has 0 bridgehead atoms. The normalized spacial score (nSPS) is 22.3. The summed E-state index contributed by atoms with van der Waals surface area (Å²) in [5.74, 6) is 0. The lowest BCUT2D eigenvalue weighted by Gasteiger charge is -2.41. The Labute approximate surface area is 142 Å². The van der Waals surface area contributed by atoms with Gasteiger partial charge in [0.1, 0.15) is 4.90 Å². The number of fused-ring (bicyclic) bond motifs is 1. The molecule has 3 rings (SSSR count). The van der Waals surface area contributed by atoms with Crippen LogP contribution in [-0.2, 0) is 10.0 Å². The van der Waals surface area contributed by atoms with Crippen LogP contribution >= 0.6 is 11.6 Å². The van der Waals surface area contributed by atoms with Gasteiger partial charge in [0.15, 0.2) is 0 Å². The number of nitrogens with zero attached hydrogens (tertiary/aromatic N) is 1. The maximum absolute atomic E-state index is 13.2. The van der Waals surface area contributed by atoms with E-state index in [1.807, 2.05) is 38.1 Å². The third-order valence-electron chi connectivity index (χ3n) is 4.71. The van der Waals surface area contributed by atoms with Crippen molar-refractivity contribution in [3.8, 4) is 0 Å². The van der Waals surface area contributed by atoms with Gasteiger partial charge in [-0.25, -0.2) is 8.42 Å². The zero-order valence-electron chi connectivity index (χ0n) is 13.3. The number of hydrogen-bond donors (Lipinski definition) is 1. The number of piperidine rings is 1. The molecule has 1 saturated heterocycles. The summed E-state index contributed by atoms with van der Waals surface area (Å²) in [6.07, 6.45) is 0.647. The van der Waals surface area contributed by atoms with Gasteiger partial charge in [0, 0.05) is 24.5 Å². The van der Waals surface area contributed by atoms with Crippen LogP contribution < -0.4 is 5.73 Å². The van der Waals surface area contributed by atoms with E-state index in [0.29, 0.717) is 24.9 Å². The molecule has 0 amide bonds. The SMILES string of the molecule is CC1(C)CN(S(=O)(=O)c2c(Cl)ccc3ccccc23)CCC1N. The first-order valence-electron chi connectivity index (χ1n) is 7.66. The molecule has 1 heterocycles. The third kappa shape index (κ3) is 2.87. The van der Waals surface area contributed by atoms with Gasteiger partial charge in [0.25, 0.3) is 0 Å². The van der Waals surface area contributed by atoms with Gasteiger partial charge in [-0.15, -0.1) is 0 Å². The minimum absolute atomic E-state index is 0.00283. The molecule has 1 unspecified atom stereocenters. The van der Waals surface area contributed by atoms with E-state index in [4.69, 9.17) is 17.3 Å². The Morgan fingerprint density at radius 1 is 1.22 bits per heavy atom. The average Bonchev–Trinajstić information content (AvgIpc) is 2.49. The number of nitrogens with two attached hydrogens (primary N) is 1. The van der Waals surface area contributed by atoms with Crippen LogP contribution in [0, 0.1) is 5.41 Å². The fraction of sp³-hybridized carbons (Fsp3) is 0.412. The van der Waals surface area contributed by atoms with E-state index in [-0.39, 0.29) is 21.4 Å². The lowest BCUT2D eigenvalue weighted by atomic mass is 9.81. The highest BCUT2D eigenvalue weighted by molar-refractivity contribution is 7.89. The number of hydrogen-bond acceptors (Lipinski definition) is 3. The lowest BCUT2D eigenvalue weighted by molar-refractivity contribution is 0.155. The topological polar surface area (TPSA) is 63.4 Å². The van der Waals surface area contributed by atoms with Gasteiger partial charge < -0.3 is 5.73 Å². The lowest BCUT2D eigenvalue weighted by Crippen LogP contribution is -2.53. The van der Waals surface area contributed by atoms with Gasteiger partial charge in [-0.3, -0.25) is 0 Å². The van der Waals surface area contributed by atoms with Crippen LogP contribution in [0.4, 0.5) is 0 Å². The van der Waals surface area contributed by atoms with Gasteiger partial charge in [0.05, 0.1) is 5.02 Å². The molecule has 2 aromatic carbocycles. The molecule has 124 valence electrons. The predicted molar refractivity (Wildman–Crippen MR) is 94.1 cm³/mol. The quantitative estimate of drug-likeness (QED) is 0.902. The summed E-state index contributed by atoms with van der Waals surface area (Å²) in [6, 6.07) is 10.9.